The number of hydrogen-bond donors (Lipinski definition) is 2. The highest BCUT2D eigenvalue weighted by Crippen LogP contribution is 2.29. The molecule has 0 saturated heterocycles. The van der Waals surface area contributed by atoms with Gasteiger partial charge in [0.1, 0.15) is 0 Å². The van der Waals surface area contributed by atoms with Crippen LogP contribution in [0.4, 0.5) is 10.5 Å². The van der Waals surface area contributed by atoms with Gasteiger partial charge in [-0.05, 0) is 39.0 Å². The zero-order valence-electron chi connectivity index (χ0n) is 12.0. The van der Waals surface area contributed by atoms with Gasteiger partial charge in [-0.15, -0.1) is 11.3 Å². The number of aromatic nitrogens is 1. The zero-order valence-corrected chi connectivity index (χ0v) is 13.6. The molecule has 2 rings (SSSR count). The molecule has 0 atom stereocenters. The molecule has 0 unspecified atom stereocenters. The molecule has 0 aliphatic heterocycles. The van der Waals surface area contributed by atoms with Crippen molar-refractivity contribution >= 4 is 43.1 Å². The number of amides is 2. The van der Waals surface area contributed by atoms with Crippen molar-refractivity contribution < 1.29 is 13.2 Å². The number of fused-ring (bicyclic) bond motifs is 1. The van der Waals surface area contributed by atoms with E-state index in [9.17, 15) is 13.2 Å². The van der Waals surface area contributed by atoms with Gasteiger partial charge in [-0.3, -0.25) is 0 Å². The number of sulfone groups is 1. The molecule has 2 N–H and O–H groups in total. The third-order valence-corrected chi connectivity index (χ3v) is 6.41. The number of thiazole rings is 1. The zero-order chi connectivity index (χ0) is 15.6. The average Bonchev–Trinajstić information content (AvgIpc) is 2.82. The summed E-state index contributed by atoms with van der Waals surface area (Å²) in [6, 6.07) is 4.83. The van der Waals surface area contributed by atoms with Crippen LogP contribution in [0.15, 0.2) is 22.5 Å². The van der Waals surface area contributed by atoms with Gasteiger partial charge in [-0.2, -0.15) is 0 Å². The van der Waals surface area contributed by atoms with Crippen molar-refractivity contribution in [3.63, 3.8) is 0 Å². The smallest absolute Gasteiger partial charge is 0.319 e. The molecular formula is C13H17N3O3S2. The van der Waals surface area contributed by atoms with Crippen molar-refractivity contribution in [1.29, 1.82) is 0 Å². The molecule has 2 amide bonds. The topological polar surface area (TPSA) is 88.2 Å². The predicted octanol–water partition coefficient (Wildman–Crippen LogP) is 2.62. The third-order valence-electron chi connectivity index (χ3n) is 2.83. The highest BCUT2D eigenvalue weighted by Gasteiger charge is 2.23. The molecule has 1 aromatic carbocycles. The van der Waals surface area contributed by atoms with Gasteiger partial charge in [-0.25, -0.2) is 18.2 Å². The number of hydrogen-bond acceptors (Lipinski definition) is 5. The van der Waals surface area contributed by atoms with Gasteiger partial charge >= 0.3 is 6.03 Å². The molecule has 0 radical (unpaired) electrons. The summed E-state index contributed by atoms with van der Waals surface area (Å²) in [7, 11) is -3.38. The average molecular weight is 327 g/mol. The second-order valence-electron chi connectivity index (χ2n) is 4.74. The summed E-state index contributed by atoms with van der Waals surface area (Å²) in [5, 5.41) is 4.81. The number of carbonyl (C=O) groups is 1. The molecule has 21 heavy (non-hydrogen) atoms. The van der Waals surface area contributed by atoms with E-state index in [0.717, 1.165) is 16.0 Å². The molecule has 8 heteroatoms. The Hall–Kier alpha value is -1.67. The molecule has 0 fully saturated rings. The number of benzene rings is 1. The second-order valence-corrected chi connectivity index (χ2v) is 8.45. The van der Waals surface area contributed by atoms with Gasteiger partial charge in [0.05, 0.1) is 15.5 Å². The summed E-state index contributed by atoms with van der Waals surface area (Å²) in [6.45, 7) is 5.62. The number of rotatable bonds is 4. The van der Waals surface area contributed by atoms with E-state index in [1.54, 1.807) is 32.0 Å². The van der Waals surface area contributed by atoms with Crippen molar-refractivity contribution in [2.75, 3.05) is 11.9 Å². The normalized spacial score (nSPS) is 11.8. The summed E-state index contributed by atoms with van der Waals surface area (Å²) >= 11 is 1.12. The van der Waals surface area contributed by atoms with Crippen LogP contribution in [0.25, 0.3) is 10.2 Å². The Labute approximate surface area is 127 Å². The van der Waals surface area contributed by atoms with E-state index in [1.165, 1.54) is 0 Å². The highest BCUT2D eigenvalue weighted by molar-refractivity contribution is 7.94. The fraction of sp³-hybridized carbons (Fsp3) is 0.385. The van der Waals surface area contributed by atoms with Crippen LogP contribution in [0, 0.1) is 0 Å². The first kappa shape index (κ1) is 15.7. The lowest BCUT2D eigenvalue weighted by molar-refractivity contribution is 0.252. The Balaban J connectivity index is 2.35. The number of nitrogens with one attached hydrogen (secondary N) is 2. The molecule has 1 heterocycles. The van der Waals surface area contributed by atoms with Crippen molar-refractivity contribution in [2.24, 2.45) is 0 Å². The van der Waals surface area contributed by atoms with E-state index < -0.39 is 15.1 Å². The Morgan fingerprint density at radius 3 is 2.71 bits per heavy atom. The molecule has 114 valence electrons. The van der Waals surface area contributed by atoms with Crippen LogP contribution in [-0.2, 0) is 9.84 Å². The fourth-order valence-corrected chi connectivity index (χ4v) is 4.32. The molecule has 2 aromatic rings. The maximum absolute atomic E-state index is 12.1. The minimum atomic E-state index is -3.38. The molecule has 0 spiro atoms. The van der Waals surface area contributed by atoms with Gasteiger partial charge in [-0.1, -0.05) is 0 Å². The van der Waals surface area contributed by atoms with E-state index in [4.69, 9.17) is 0 Å². The van der Waals surface area contributed by atoms with Crippen molar-refractivity contribution in [1.82, 2.24) is 10.3 Å². The summed E-state index contributed by atoms with van der Waals surface area (Å²) in [4.78, 5) is 15.6. The van der Waals surface area contributed by atoms with Gasteiger partial charge in [0, 0.05) is 12.2 Å². The van der Waals surface area contributed by atoms with E-state index in [1.807, 2.05) is 6.92 Å². The standard InChI is InChI=1S/C13H17N3O3S2/c1-4-14-12(17)15-9-5-6-10-11(7-9)20-13(16-10)21(18,19)8(2)3/h5-8H,4H2,1-3H3,(H2,14,15,17). The van der Waals surface area contributed by atoms with Crippen molar-refractivity contribution in [2.45, 2.75) is 30.4 Å². The van der Waals surface area contributed by atoms with Crippen LogP contribution < -0.4 is 10.6 Å². The second kappa shape index (κ2) is 5.98. The summed E-state index contributed by atoms with van der Waals surface area (Å²) in [5.41, 5.74) is 1.21. The van der Waals surface area contributed by atoms with E-state index in [0.29, 0.717) is 17.7 Å². The largest absolute Gasteiger partial charge is 0.338 e. The van der Waals surface area contributed by atoms with Crippen molar-refractivity contribution in [3.8, 4) is 0 Å². The number of anilines is 1. The quantitative estimate of drug-likeness (QED) is 0.903. The third kappa shape index (κ3) is 3.33. The molecule has 6 nitrogen and oxygen atoms in total. The molecule has 0 aliphatic rings. The number of carbonyl (C=O) groups excluding carboxylic acids is 1. The first-order chi connectivity index (χ1) is 9.84. The van der Waals surface area contributed by atoms with Crippen LogP contribution in [0.1, 0.15) is 20.8 Å². The van der Waals surface area contributed by atoms with Crippen molar-refractivity contribution in [3.05, 3.63) is 18.2 Å². The van der Waals surface area contributed by atoms with E-state index in [2.05, 4.69) is 15.6 Å². The minimum absolute atomic E-state index is 0.114. The Morgan fingerprint density at radius 2 is 2.10 bits per heavy atom. The molecule has 1 aromatic heterocycles. The summed E-state index contributed by atoms with van der Waals surface area (Å²) < 4.78 is 25.1. The van der Waals surface area contributed by atoms with Gasteiger partial charge in [0.15, 0.2) is 0 Å². The Morgan fingerprint density at radius 1 is 1.38 bits per heavy atom. The van der Waals surface area contributed by atoms with Gasteiger partial charge in [0.25, 0.3) is 0 Å². The number of urea groups is 1. The van der Waals surface area contributed by atoms with Crippen LogP contribution in [-0.4, -0.2) is 31.2 Å². The minimum Gasteiger partial charge on any atom is -0.338 e. The van der Waals surface area contributed by atoms with Crippen LogP contribution >= 0.6 is 11.3 Å². The monoisotopic (exact) mass is 327 g/mol. The highest BCUT2D eigenvalue weighted by atomic mass is 32.2. The fourth-order valence-electron chi connectivity index (χ4n) is 1.64. The maximum atomic E-state index is 12.1. The summed E-state index contributed by atoms with van der Waals surface area (Å²) in [6.07, 6.45) is 0. The molecule has 0 aliphatic carbocycles. The lowest BCUT2D eigenvalue weighted by Crippen LogP contribution is -2.28. The molecular weight excluding hydrogens is 310 g/mol. The van der Waals surface area contributed by atoms with E-state index in [-0.39, 0.29) is 10.4 Å². The van der Waals surface area contributed by atoms with Gasteiger partial charge in [0.2, 0.25) is 14.2 Å². The first-order valence-electron chi connectivity index (χ1n) is 6.54. The summed E-state index contributed by atoms with van der Waals surface area (Å²) in [5.74, 6) is 0. The van der Waals surface area contributed by atoms with Crippen LogP contribution in [0.3, 0.4) is 0 Å². The number of nitrogens with zero attached hydrogens (tertiary/aromatic N) is 1. The molecule has 0 bridgehead atoms. The SMILES string of the molecule is CCNC(=O)Nc1ccc2nc(S(=O)(=O)C(C)C)sc2c1. The maximum Gasteiger partial charge on any atom is 0.319 e. The van der Waals surface area contributed by atoms with E-state index >= 15 is 0 Å². The van der Waals surface area contributed by atoms with Gasteiger partial charge < -0.3 is 10.6 Å². The lowest BCUT2D eigenvalue weighted by Gasteiger charge is -2.04. The first-order valence-corrected chi connectivity index (χ1v) is 8.90. The predicted molar refractivity (Wildman–Crippen MR) is 84.6 cm³/mol. The van der Waals surface area contributed by atoms with Crippen LogP contribution in [0.5, 0.6) is 0 Å². The Bertz CT molecular complexity index is 766. The van der Waals surface area contributed by atoms with Crippen LogP contribution in [0.2, 0.25) is 0 Å². The Kier molecular flexibility index (Phi) is 4.48. The lowest BCUT2D eigenvalue weighted by atomic mass is 10.3. The molecule has 0 saturated carbocycles.